The van der Waals surface area contributed by atoms with Gasteiger partial charge in [0.25, 0.3) is 0 Å². The van der Waals surface area contributed by atoms with Crippen molar-refractivity contribution >= 4 is 11.6 Å². The molecule has 0 fully saturated rings. The van der Waals surface area contributed by atoms with E-state index in [1.165, 1.54) is 12.1 Å². The lowest BCUT2D eigenvalue weighted by atomic mass is 10.1. The molecule has 0 heterocycles. The largest absolute Gasteiger partial charge is 0.488 e. The monoisotopic (exact) mass is 279 g/mol. The van der Waals surface area contributed by atoms with Crippen LogP contribution in [0.25, 0.3) is 0 Å². The van der Waals surface area contributed by atoms with Crippen molar-refractivity contribution in [1.82, 2.24) is 0 Å². The standard InChI is InChI=1S/C15H15ClFNO/c1-10-3-2-4-11(8-18)15(10)19-9-12-5-6-13(17)7-14(12)16/h2-7H,8-9,18H2,1H3. The Morgan fingerprint density at radius 1 is 1.21 bits per heavy atom. The molecule has 0 unspecified atom stereocenters. The molecule has 4 heteroatoms. The van der Waals surface area contributed by atoms with Gasteiger partial charge in [0.2, 0.25) is 0 Å². The highest BCUT2D eigenvalue weighted by atomic mass is 35.5. The topological polar surface area (TPSA) is 35.2 Å². The van der Waals surface area contributed by atoms with Crippen LogP contribution in [0.5, 0.6) is 5.75 Å². The van der Waals surface area contributed by atoms with E-state index in [0.717, 1.165) is 22.4 Å². The van der Waals surface area contributed by atoms with Gasteiger partial charge in [-0.25, -0.2) is 4.39 Å². The summed E-state index contributed by atoms with van der Waals surface area (Å²) in [6.45, 7) is 2.66. The Hall–Kier alpha value is -1.58. The molecule has 0 amide bonds. The first-order valence-corrected chi connectivity index (χ1v) is 6.35. The summed E-state index contributed by atoms with van der Waals surface area (Å²) >= 11 is 5.96. The second-order valence-corrected chi connectivity index (χ2v) is 4.70. The van der Waals surface area contributed by atoms with E-state index < -0.39 is 0 Å². The van der Waals surface area contributed by atoms with Crippen molar-refractivity contribution < 1.29 is 9.13 Å². The van der Waals surface area contributed by atoms with Crippen LogP contribution in [0.1, 0.15) is 16.7 Å². The molecular weight excluding hydrogens is 265 g/mol. The molecule has 0 aliphatic carbocycles. The molecule has 2 rings (SSSR count). The van der Waals surface area contributed by atoms with Gasteiger partial charge < -0.3 is 10.5 Å². The Balaban J connectivity index is 2.19. The molecule has 2 N–H and O–H groups in total. The lowest BCUT2D eigenvalue weighted by Gasteiger charge is -2.13. The van der Waals surface area contributed by atoms with Crippen LogP contribution in [0.3, 0.4) is 0 Å². The molecule has 0 saturated heterocycles. The van der Waals surface area contributed by atoms with E-state index in [4.69, 9.17) is 22.1 Å². The molecule has 0 aromatic heterocycles. The number of nitrogens with two attached hydrogens (primary N) is 1. The van der Waals surface area contributed by atoms with Crippen molar-refractivity contribution in [2.75, 3.05) is 0 Å². The first kappa shape index (κ1) is 13.8. The first-order valence-electron chi connectivity index (χ1n) is 5.97. The van der Waals surface area contributed by atoms with Gasteiger partial charge in [-0.3, -0.25) is 0 Å². The summed E-state index contributed by atoms with van der Waals surface area (Å²) in [4.78, 5) is 0. The van der Waals surface area contributed by atoms with Crippen molar-refractivity contribution in [3.63, 3.8) is 0 Å². The Morgan fingerprint density at radius 3 is 2.68 bits per heavy atom. The number of hydrogen-bond acceptors (Lipinski definition) is 2. The zero-order valence-electron chi connectivity index (χ0n) is 10.6. The van der Waals surface area contributed by atoms with Crippen LogP contribution in [0.15, 0.2) is 36.4 Å². The maximum absolute atomic E-state index is 13.0. The van der Waals surface area contributed by atoms with Gasteiger partial charge in [-0.05, 0) is 24.6 Å². The van der Waals surface area contributed by atoms with Crippen LogP contribution in [-0.4, -0.2) is 0 Å². The third-order valence-electron chi connectivity index (χ3n) is 2.90. The summed E-state index contributed by atoms with van der Waals surface area (Å²) in [5.74, 6) is 0.415. The van der Waals surface area contributed by atoms with E-state index in [9.17, 15) is 4.39 Å². The molecule has 0 atom stereocenters. The van der Waals surface area contributed by atoms with Crippen LogP contribution in [0.2, 0.25) is 5.02 Å². The summed E-state index contributed by atoms with van der Waals surface area (Å²) in [6, 6.07) is 10.1. The van der Waals surface area contributed by atoms with Crippen molar-refractivity contribution in [2.24, 2.45) is 5.73 Å². The molecule has 0 bridgehead atoms. The Morgan fingerprint density at radius 2 is 2.00 bits per heavy atom. The molecule has 0 aliphatic rings. The van der Waals surface area contributed by atoms with Crippen LogP contribution in [0.4, 0.5) is 4.39 Å². The van der Waals surface area contributed by atoms with E-state index in [2.05, 4.69) is 0 Å². The fourth-order valence-corrected chi connectivity index (χ4v) is 2.09. The van der Waals surface area contributed by atoms with Gasteiger partial charge in [-0.2, -0.15) is 0 Å². The van der Waals surface area contributed by atoms with Gasteiger partial charge in [0, 0.05) is 17.7 Å². The molecular formula is C15H15ClFNO. The summed E-state index contributed by atoms with van der Waals surface area (Å²) < 4.78 is 18.7. The lowest BCUT2D eigenvalue weighted by Crippen LogP contribution is -2.04. The van der Waals surface area contributed by atoms with Gasteiger partial charge in [0.15, 0.2) is 0 Å². The number of ether oxygens (including phenoxy) is 1. The zero-order chi connectivity index (χ0) is 13.8. The predicted molar refractivity (Wildman–Crippen MR) is 74.8 cm³/mol. The molecule has 2 aromatic rings. The number of para-hydroxylation sites is 1. The quantitative estimate of drug-likeness (QED) is 0.923. The smallest absolute Gasteiger partial charge is 0.127 e. The summed E-state index contributed by atoms with van der Waals surface area (Å²) in [7, 11) is 0. The second kappa shape index (κ2) is 6.04. The van der Waals surface area contributed by atoms with Crippen LogP contribution < -0.4 is 10.5 Å². The molecule has 100 valence electrons. The van der Waals surface area contributed by atoms with Crippen molar-refractivity contribution in [1.29, 1.82) is 0 Å². The van der Waals surface area contributed by atoms with Gasteiger partial charge in [0.05, 0.1) is 5.02 Å². The average molecular weight is 280 g/mol. The third kappa shape index (κ3) is 3.25. The maximum atomic E-state index is 13.0. The normalized spacial score (nSPS) is 10.5. The number of hydrogen-bond donors (Lipinski definition) is 1. The van der Waals surface area contributed by atoms with Gasteiger partial charge in [0.1, 0.15) is 18.2 Å². The Kier molecular flexibility index (Phi) is 4.40. The molecule has 0 spiro atoms. The van der Waals surface area contributed by atoms with Crippen molar-refractivity contribution in [3.8, 4) is 5.75 Å². The summed E-state index contributed by atoms with van der Waals surface area (Å²) in [6.07, 6.45) is 0. The highest BCUT2D eigenvalue weighted by Gasteiger charge is 2.08. The first-order chi connectivity index (χ1) is 9.11. The van der Waals surface area contributed by atoms with E-state index in [-0.39, 0.29) is 12.4 Å². The summed E-state index contributed by atoms with van der Waals surface area (Å²) in [5, 5.41) is 0.364. The van der Waals surface area contributed by atoms with Gasteiger partial charge in [-0.1, -0.05) is 35.9 Å². The molecule has 19 heavy (non-hydrogen) atoms. The van der Waals surface area contributed by atoms with E-state index >= 15 is 0 Å². The predicted octanol–water partition coefficient (Wildman–Crippen LogP) is 3.83. The highest BCUT2D eigenvalue weighted by molar-refractivity contribution is 6.31. The van der Waals surface area contributed by atoms with E-state index in [1.54, 1.807) is 6.07 Å². The lowest BCUT2D eigenvalue weighted by molar-refractivity contribution is 0.301. The van der Waals surface area contributed by atoms with Gasteiger partial charge >= 0.3 is 0 Å². The van der Waals surface area contributed by atoms with E-state index in [0.29, 0.717) is 11.6 Å². The van der Waals surface area contributed by atoms with Crippen LogP contribution in [0, 0.1) is 12.7 Å². The second-order valence-electron chi connectivity index (χ2n) is 4.29. The highest BCUT2D eigenvalue weighted by Crippen LogP contribution is 2.25. The van der Waals surface area contributed by atoms with Crippen molar-refractivity contribution in [2.45, 2.75) is 20.1 Å². The van der Waals surface area contributed by atoms with Crippen molar-refractivity contribution in [3.05, 3.63) is 63.9 Å². The number of aryl methyl sites for hydroxylation is 1. The Labute approximate surface area is 117 Å². The maximum Gasteiger partial charge on any atom is 0.127 e. The number of rotatable bonds is 4. The molecule has 2 aromatic carbocycles. The molecule has 2 nitrogen and oxygen atoms in total. The minimum absolute atomic E-state index is 0.289. The van der Waals surface area contributed by atoms with Gasteiger partial charge in [-0.15, -0.1) is 0 Å². The Bertz CT molecular complexity index is 586. The molecule has 0 radical (unpaired) electrons. The minimum atomic E-state index is -0.354. The molecule has 0 aliphatic heterocycles. The fourth-order valence-electron chi connectivity index (χ4n) is 1.87. The average Bonchev–Trinajstić information content (AvgIpc) is 2.39. The molecule has 0 saturated carbocycles. The van der Waals surface area contributed by atoms with Crippen LogP contribution in [-0.2, 0) is 13.2 Å². The minimum Gasteiger partial charge on any atom is -0.488 e. The summed E-state index contributed by atoms with van der Waals surface area (Å²) in [5.41, 5.74) is 8.39. The van der Waals surface area contributed by atoms with E-state index in [1.807, 2.05) is 25.1 Å². The third-order valence-corrected chi connectivity index (χ3v) is 3.25. The fraction of sp³-hybridized carbons (Fsp3) is 0.200. The SMILES string of the molecule is Cc1cccc(CN)c1OCc1ccc(F)cc1Cl. The zero-order valence-corrected chi connectivity index (χ0v) is 11.4. The number of halogens is 2. The number of benzene rings is 2. The van der Waals surface area contributed by atoms with Crippen LogP contribution >= 0.6 is 11.6 Å².